The second-order valence-electron chi connectivity index (χ2n) is 4.66. The minimum atomic E-state index is -0.725. The molecule has 2 rings (SSSR count). The van der Waals surface area contributed by atoms with E-state index in [0.29, 0.717) is 18.2 Å². The molecule has 1 saturated carbocycles. The number of hydrogen-bond donors (Lipinski definition) is 2. The van der Waals surface area contributed by atoms with E-state index >= 15 is 0 Å². The standard InChI is InChI=1S/C12H18N2O3S/c1-12(17-2,8-3-4-8)11(16)13-5-10-14-9(6-15)7-18-10/h7-8,15H,3-6H2,1-2H3,(H,13,16)/t12-/m0/s1. The number of nitrogens with one attached hydrogen (secondary N) is 1. The first kappa shape index (κ1) is 13.5. The van der Waals surface area contributed by atoms with Gasteiger partial charge in [0.05, 0.1) is 18.8 Å². The molecule has 0 radical (unpaired) electrons. The van der Waals surface area contributed by atoms with E-state index in [1.54, 1.807) is 12.5 Å². The number of rotatable bonds is 6. The first-order valence-corrected chi connectivity index (χ1v) is 6.85. The largest absolute Gasteiger partial charge is 0.390 e. The summed E-state index contributed by atoms with van der Waals surface area (Å²) in [5.74, 6) is 0.236. The Balaban J connectivity index is 1.91. The number of amides is 1. The maximum atomic E-state index is 12.1. The SMILES string of the molecule is CO[C@](C)(C(=O)NCc1nc(CO)cs1)C1CC1. The van der Waals surface area contributed by atoms with Crippen LogP contribution in [-0.2, 0) is 22.7 Å². The number of ether oxygens (including phenoxy) is 1. The predicted molar refractivity (Wildman–Crippen MR) is 68.0 cm³/mol. The number of nitrogens with zero attached hydrogens (tertiary/aromatic N) is 1. The van der Waals surface area contributed by atoms with Crippen molar-refractivity contribution in [2.75, 3.05) is 7.11 Å². The molecule has 5 nitrogen and oxygen atoms in total. The Hall–Kier alpha value is -0.980. The molecule has 0 spiro atoms. The Bertz CT molecular complexity index is 431. The predicted octanol–water partition coefficient (Wildman–Crippen LogP) is 1.07. The third-order valence-corrected chi connectivity index (χ3v) is 4.29. The molecule has 0 aliphatic heterocycles. The molecule has 0 aromatic carbocycles. The van der Waals surface area contributed by atoms with Crippen LogP contribution in [0.4, 0.5) is 0 Å². The van der Waals surface area contributed by atoms with Crippen LogP contribution in [0, 0.1) is 5.92 Å². The van der Waals surface area contributed by atoms with E-state index in [4.69, 9.17) is 9.84 Å². The Morgan fingerprint density at radius 2 is 2.44 bits per heavy atom. The average Bonchev–Trinajstić information content (AvgIpc) is 3.15. The van der Waals surface area contributed by atoms with Gasteiger partial charge in [0.25, 0.3) is 5.91 Å². The Kier molecular flexibility index (Phi) is 3.99. The molecule has 0 saturated heterocycles. The molecule has 1 amide bonds. The number of aliphatic hydroxyl groups is 1. The van der Waals surface area contributed by atoms with E-state index in [0.717, 1.165) is 17.8 Å². The monoisotopic (exact) mass is 270 g/mol. The Labute approximate surface area is 110 Å². The van der Waals surface area contributed by atoms with Crippen LogP contribution in [0.15, 0.2) is 5.38 Å². The molecular formula is C12H18N2O3S. The molecule has 1 aliphatic rings. The van der Waals surface area contributed by atoms with Crippen molar-refractivity contribution in [1.29, 1.82) is 0 Å². The van der Waals surface area contributed by atoms with E-state index in [1.165, 1.54) is 11.3 Å². The van der Waals surface area contributed by atoms with Crippen LogP contribution in [0.5, 0.6) is 0 Å². The zero-order valence-corrected chi connectivity index (χ0v) is 11.4. The van der Waals surface area contributed by atoms with Crippen molar-refractivity contribution in [3.63, 3.8) is 0 Å². The van der Waals surface area contributed by atoms with Gasteiger partial charge in [-0.15, -0.1) is 11.3 Å². The molecule has 18 heavy (non-hydrogen) atoms. The third kappa shape index (κ3) is 2.71. The highest BCUT2D eigenvalue weighted by Crippen LogP contribution is 2.41. The normalized spacial score (nSPS) is 18.4. The molecule has 1 fully saturated rings. The minimum absolute atomic E-state index is 0.0672. The van der Waals surface area contributed by atoms with Gasteiger partial charge in [-0.25, -0.2) is 4.98 Å². The van der Waals surface area contributed by atoms with Crippen LogP contribution in [-0.4, -0.2) is 28.7 Å². The lowest BCUT2D eigenvalue weighted by Gasteiger charge is -2.26. The molecule has 1 aliphatic carbocycles. The number of aromatic nitrogens is 1. The van der Waals surface area contributed by atoms with E-state index in [9.17, 15) is 4.79 Å². The lowest BCUT2D eigenvalue weighted by molar-refractivity contribution is -0.144. The number of aliphatic hydroxyl groups excluding tert-OH is 1. The molecule has 0 bridgehead atoms. The molecule has 2 N–H and O–H groups in total. The van der Waals surface area contributed by atoms with Gasteiger partial charge in [-0.3, -0.25) is 4.79 Å². The summed E-state index contributed by atoms with van der Waals surface area (Å²) in [6, 6.07) is 0. The average molecular weight is 270 g/mol. The van der Waals surface area contributed by atoms with Crippen molar-refractivity contribution in [2.24, 2.45) is 5.92 Å². The van der Waals surface area contributed by atoms with Crippen LogP contribution in [0.3, 0.4) is 0 Å². The number of hydrogen-bond acceptors (Lipinski definition) is 5. The van der Waals surface area contributed by atoms with Crippen LogP contribution >= 0.6 is 11.3 Å². The smallest absolute Gasteiger partial charge is 0.252 e. The topological polar surface area (TPSA) is 71.5 Å². The summed E-state index contributed by atoms with van der Waals surface area (Å²) in [7, 11) is 1.57. The number of carbonyl (C=O) groups is 1. The van der Waals surface area contributed by atoms with Gasteiger partial charge < -0.3 is 15.2 Å². The number of carbonyl (C=O) groups excluding carboxylic acids is 1. The lowest BCUT2D eigenvalue weighted by atomic mass is 9.99. The van der Waals surface area contributed by atoms with Crippen molar-refractivity contribution >= 4 is 17.2 Å². The summed E-state index contributed by atoms with van der Waals surface area (Å²) in [5, 5.41) is 14.3. The van der Waals surface area contributed by atoms with E-state index in [2.05, 4.69) is 10.3 Å². The van der Waals surface area contributed by atoms with Gasteiger partial charge in [-0.2, -0.15) is 0 Å². The van der Waals surface area contributed by atoms with Crippen LogP contribution in [0.2, 0.25) is 0 Å². The molecule has 6 heteroatoms. The van der Waals surface area contributed by atoms with Gasteiger partial charge in [-0.1, -0.05) is 0 Å². The summed E-state index contributed by atoms with van der Waals surface area (Å²) in [5.41, 5.74) is -0.0854. The summed E-state index contributed by atoms with van der Waals surface area (Å²) in [6.45, 7) is 2.15. The molecular weight excluding hydrogens is 252 g/mol. The quantitative estimate of drug-likeness (QED) is 0.811. The number of methoxy groups -OCH3 is 1. The molecule has 1 aromatic heterocycles. The highest BCUT2D eigenvalue weighted by molar-refractivity contribution is 7.09. The van der Waals surface area contributed by atoms with Crippen molar-refractivity contribution in [1.82, 2.24) is 10.3 Å². The first-order valence-electron chi connectivity index (χ1n) is 5.97. The first-order chi connectivity index (χ1) is 8.60. The van der Waals surface area contributed by atoms with Gasteiger partial charge in [0.15, 0.2) is 0 Å². The van der Waals surface area contributed by atoms with E-state index in [1.807, 2.05) is 6.92 Å². The van der Waals surface area contributed by atoms with E-state index < -0.39 is 5.60 Å². The molecule has 1 atom stereocenters. The zero-order valence-electron chi connectivity index (χ0n) is 10.6. The second-order valence-corrected chi connectivity index (χ2v) is 5.60. The Morgan fingerprint density at radius 1 is 1.72 bits per heavy atom. The molecule has 1 heterocycles. The fourth-order valence-electron chi connectivity index (χ4n) is 1.91. The molecule has 0 unspecified atom stereocenters. The Morgan fingerprint density at radius 3 is 2.94 bits per heavy atom. The minimum Gasteiger partial charge on any atom is -0.390 e. The van der Waals surface area contributed by atoms with Gasteiger partial charge in [-0.05, 0) is 25.7 Å². The molecule has 100 valence electrons. The summed E-state index contributed by atoms with van der Waals surface area (Å²) in [6.07, 6.45) is 2.09. The van der Waals surface area contributed by atoms with Crippen LogP contribution in [0.25, 0.3) is 0 Å². The fourth-order valence-corrected chi connectivity index (χ4v) is 2.64. The van der Waals surface area contributed by atoms with Gasteiger partial charge in [0.2, 0.25) is 0 Å². The highest BCUT2D eigenvalue weighted by atomic mass is 32.1. The second kappa shape index (κ2) is 5.34. The molecule has 1 aromatic rings. The maximum absolute atomic E-state index is 12.1. The zero-order chi connectivity index (χ0) is 13.2. The summed E-state index contributed by atoms with van der Waals surface area (Å²) >= 11 is 1.43. The van der Waals surface area contributed by atoms with Crippen LogP contribution < -0.4 is 5.32 Å². The van der Waals surface area contributed by atoms with Gasteiger partial charge in [0.1, 0.15) is 10.6 Å². The van der Waals surface area contributed by atoms with Gasteiger partial charge in [0, 0.05) is 12.5 Å². The van der Waals surface area contributed by atoms with Gasteiger partial charge >= 0.3 is 0 Å². The van der Waals surface area contributed by atoms with Crippen molar-refractivity contribution < 1.29 is 14.6 Å². The van der Waals surface area contributed by atoms with E-state index in [-0.39, 0.29) is 12.5 Å². The summed E-state index contributed by atoms with van der Waals surface area (Å²) in [4.78, 5) is 16.3. The summed E-state index contributed by atoms with van der Waals surface area (Å²) < 4.78 is 5.37. The van der Waals surface area contributed by atoms with Crippen molar-refractivity contribution in [3.8, 4) is 0 Å². The maximum Gasteiger partial charge on any atom is 0.252 e. The number of thiazole rings is 1. The highest BCUT2D eigenvalue weighted by Gasteiger charge is 2.47. The van der Waals surface area contributed by atoms with Crippen LogP contribution in [0.1, 0.15) is 30.5 Å². The lowest BCUT2D eigenvalue weighted by Crippen LogP contribution is -2.47. The third-order valence-electron chi connectivity index (χ3n) is 3.39. The van der Waals surface area contributed by atoms with Crippen molar-refractivity contribution in [3.05, 3.63) is 16.1 Å². The van der Waals surface area contributed by atoms with Crippen molar-refractivity contribution in [2.45, 2.75) is 38.5 Å². The fraction of sp³-hybridized carbons (Fsp3) is 0.667.